The van der Waals surface area contributed by atoms with E-state index in [9.17, 15) is 0 Å². The normalized spacial score (nSPS) is 11.3. The van der Waals surface area contributed by atoms with Crippen LogP contribution in [0.2, 0.25) is 0 Å². The zero-order valence-corrected chi connectivity index (χ0v) is 33.0. The molecule has 0 spiro atoms. The van der Waals surface area contributed by atoms with Gasteiger partial charge in [-0.15, -0.1) is 0 Å². The van der Waals surface area contributed by atoms with Crippen LogP contribution < -0.4 is 4.90 Å². The molecule has 282 valence electrons. The molecular formula is C58H40N2. The van der Waals surface area contributed by atoms with Gasteiger partial charge in [0.15, 0.2) is 0 Å². The SMILES string of the molecule is c1ccc(-c2ccc(N(c3ccc(-c4ccccc4)cc3)c3ccc(-c4ccc(-c5ccccc5-n5c6ccccc6c6ccc7ccccc7c65)cc4)cc3)cc2)cc1. The highest BCUT2D eigenvalue weighted by atomic mass is 15.1. The first-order valence-electron chi connectivity index (χ1n) is 20.6. The van der Waals surface area contributed by atoms with E-state index in [-0.39, 0.29) is 0 Å². The molecule has 2 nitrogen and oxygen atoms in total. The molecule has 0 saturated carbocycles. The third-order valence-electron chi connectivity index (χ3n) is 11.8. The van der Waals surface area contributed by atoms with Crippen molar-refractivity contribution in [1.82, 2.24) is 4.57 Å². The summed E-state index contributed by atoms with van der Waals surface area (Å²) in [5.41, 5.74) is 16.5. The lowest BCUT2D eigenvalue weighted by Gasteiger charge is -2.26. The predicted molar refractivity (Wildman–Crippen MR) is 255 cm³/mol. The molecule has 0 atom stereocenters. The van der Waals surface area contributed by atoms with E-state index in [1.54, 1.807) is 0 Å². The van der Waals surface area contributed by atoms with Gasteiger partial charge in [0.25, 0.3) is 0 Å². The molecule has 1 aromatic heterocycles. The minimum absolute atomic E-state index is 1.10. The van der Waals surface area contributed by atoms with E-state index in [2.05, 4.69) is 252 Å². The fraction of sp³-hybridized carbons (Fsp3) is 0. The number of para-hydroxylation sites is 2. The van der Waals surface area contributed by atoms with Crippen LogP contribution in [0.15, 0.2) is 243 Å². The van der Waals surface area contributed by atoms with E-state index < -0.39 is 0 Å². The van der Waals surface area contributed by atoms with Gasteiger partial charge < -0.3 is 9.47 Å². The van der Waals surface area contributed by atoms with Crippen molar-refractivity contribution in [3.8, 4) is 50.2 Å². The van der Waals surface area contributed by atoms with Gasteiger partial charge in [-0.25, -0.2) is 0 Å². The van der Waals surface area contributed by atoms with Crippen molar-refractivity contribution in [2.24, 2.45) is 0 Å². The second kappa shape index (κ2) is 15.1. The van der Waals surface area contributed by atoms with E-state index in [0.717, 1.165) is 17.1 Å². The van der Waals surface area contributed by atoms with Crippen molar-refractivity contribution in [2.45, 2.75) is 0 Å². The summed E-state index contributed by atoms with van der Waals surface area (Å²) in [5, 5.41) is 5.03. The fourth-order valence-corrected chi connectivity index (χ4v) is 8.85. The Balaban J connectivity index is 0.940. The third kappa shape index (κ3) is 6.32. The maximum absolute atomic E-state index is 2.46. The van der Waals surface area contributed by atoms with Crippen molar-refractivity contribution >= 4 is 49.6 Å². The summed E-state index contributed by atoms with van der Waals surface area (Å²) in [5.74, 6) is 0. The van der Waals surface area contributed by atoms with Crippen LogP contribution in [0.1, 0.15) is 0 Å². The van der Waals surface area contributed by atoms with Crippen molar-refractivity contribution in [2.75, 3.05) is 4.90 Å². The molecule has 0 saturated heterocycles. The summed E-state index contributed by atoms with van der Waals surface area (Å²) in [7, 11) is 0. The number of aromatic nitrogens is 1. The monoisotopic (exact) mass is 764 g/mol. The Labute approximate surface area is 350 Å². The van der Waals surface area contributed by atoms with Gasteiger partial charge in [0, 0.05) is 38.8 Å². The van der Waals surface area contributed by atoms with Crippen LogP contribution >= 0.6 is 0 Å². The molecular weight excluding hydrogens is 725 g/mol. The fourth-order valence-electron chi connectivity index (χ4n) is 8.85. The maximum Gasteiger partial charge on any atom is 0.0619 e. The average Bonchev–Trinajstić information content (AvgIpc) is 3.68. The number of rotatable bonds is 8. The van der Waals surface area contributed by atoms with Gasteiger partial charge in [0.05, 0.1) is 16.7 Å². The highest BCUT2D eigenvalue weighted by molar-refractivity contribution is 6.18. The molecule has 2 heteroatoms. The average molecular weight is 765 g/mol. The second-order valence-corrected chi connectivity index (χ2v) is 15.3. The lowest BCUT2D eigenvalue weighted by atomic mass is 9.98. The van der Waals surface area contributed by atoms with Crippen molar-refractivity contribution in [3.63, 3.8) is 0 Å². The van der Waals surface area contributed by atoms with E-state index in [1.807, 2.05) is 0 Å². The van der Waals surface area contributed by atoms with Gasteiger partial charge in [0.1, 0.15) is 0 Å². The third-order valence-corrected chi connectivity index (χ3v) is 11.8. The first kappa shape index (κ1) is 35.2. The molecule has 0 radical (unpaired) electrons. The molecule has 0 N–H and O–H groups in total. The number of nitrogens with zero attached hydrogens (tertiary/aromatic N) is 2. The Morgan fingerprint density at radius 2 is 0.683 bits per heavy atom. The lowest BCUT2D eigenvalue weighted by molar-refractivity contribution is 1.19. The number of hydrogen-bond donors (Lipinski definition) is 0. The van der Waals surface area contributed by atoms with Crippen LogP contribution in [0, 0.1) is 0 Å². The molecule has 0 aliphatic heterocycles. The summed E-state index contributed by atoms with van der Waals surface area (Å²) >= 11 is 0. The molecule has 0 bridgehead atoms. The minimum atomic E-state index is 1.10. The Kier molecular flexibility index (Phi) is 8.87. The Hall–Kier alpha value is -7.94. The Morgan fingerprint density at radius 1 is 0.267 bits per heavy atom. The number of hydrogen-bond acceptors (Lipinski definition) is 1. The number of benzene rings is 10. The molecule has 11 aromatic rings. The van der Waals surface area contributed by atoms with Crippen LogP contribution in [0.25, 0.3) is 82.8 Å². The molecule has 0 amide bonds. The summed E-state index contributed by atoms with van der Waals surface area (Å²) in [6, 6.07) is 87.7. The largest absolute Gasteiger partial charge is 0.311 e. The van der Waals surface area contributed by atoms with Crippen LogP contribution in [-0.2, 0) is 0 Å². The van der Waals surface area contributed by atoms with Gasteiger partial charge in [-0.05, 0) is 92.9 Å². The first-order chi connectivity index (χ1) is 29.8. The number of anilines is 3. The van der Waals surface area contributed by atoms with Crippen LogP contribution in [0.3, 0.4) is 0 Å². The number of fused-ring (bicyclic) bond motifs is 5. The molecule has 11 rings (SSSR count). The van der Waals surface area contributed by atoms with Gasteiger partial charge >= 0.3 is 0 Å². The van der Waals surface area contributed by atoms with Crippen LogP contribution in [-0.4, -0.2) is 4.57 Å². The zero-order valence-electron chi connectivity index (χ0n) is 33.0. The van der Waals surface area contributed by atoms with E-state index >= 15 is 0 Å². The van der Waals surface area contributed by atoms with Gasteiger partial charge in [-0.2, -0.15) is 0 Å². The molecule has 0 fully saturated rings. The Morgan fingerprint density at radius 3 is 1.25 bits per heavy atom. The van der Waals surface area contributed by atoms with Crippen LogP contribution in [0.4, 0.5) is 17.1 Å². The predicted octanol–water partition coefficient (Wildman–Crippen LogP) is 16.1. The Bertz CT molecular complexity index is 3170. The highest BCUT2D eigenvalue weighted by Crippen LogP contribution is 2.41. The summed E-state index contributed by atoms with van der Waals surface area (Å²) in [6.07, 6.45) is 0. The van der Waals surface area contributed by atoms with Gasteiger partial charge in [-0.3, -0.25) is 0 Å². The summed E-state index contributed by atoms with van der Waals surface area (Å²) in [6.45, 7) is 0. The molecule has 0 aliphatic rings. The van der Waals surface area contributed by atoms with Crippen LogP contribution in [0.5, 0.6) is 0 Å². The molecule has 0 unspecified atom stereocenters. The van der Waals surface area contributed by atoms with E-state index in [4.69, 9.17) is 0 Å². The standard InChI is InChI=1S/C58H40N2/c1-3-13-41(14-4-1)44-27-34-49(35-28-44)59(50-36-29-45(30-37-50)42-15-5-2-6-16-42)51-38-31-46(32-39-51)43-23-25-48(26-24-43)52-18-9-11-21-56(52)60-57-22-12-10-20-54(57)55-40-33-47-17-7-8-19-53(47)58(55)60/h1-40H. The zero-order chi connectivity index (χ0) is 39.8. The van der Waals surface area contributed by atoms with E-state index in [0.29, 0.717) is 0 Å². The topological polar surface area (TPSA) is 8.17 Å². The first-order valence-corrected chi connectivity index (χ1v) is 20.6. The quantitative estimate of drug-likeness (QED) is 0.150. The molecule has 60 heavy (non-hydrogen) atoms. The minimum Gasteiger partial charge on any atom is -0.311 e. The molecule has 1 heterocycles. The van der Waals surface area contributed by atoms with Crippen molar-refractivity contribution in [3.05, 3.63) is 243 Å². The van der Waals surface area contributed by atoms with Gasteiger partial charge in [-0.1, -0.05) is 194 Å². The molecule has 0 aliphatic carbocycles. The van der Waals surface area contributed by atoms with Gasteiger partial charge in [0.2, 0.25) is 0 Å². The second-order valence-electron chi connectivity index (χ2n) is 15.3. The maximum atomic E-state index is 2.46. The van der Waals surface area contributed by atoms with Crippen molar-refractivity contribution in [1.29, 1.82) is 0 Å². The van der Waals surface area contributed by atoms with Crippen molar-refractivity contribution < 1.29 is 0 Å². The lowest BCUT2D eigenvalue weighted by Crippen LogP contribution is -2.09. The van der Waals surface area contributed by atoms with E-state index in [1.165, 1.54) is 82.8 Å². The summed E-state index contributed by atoms with van der Waals surface area (Å²) < 4.78 is 2.46. The summed E-state index contributed by atoms with van der Waals surface area (Å²) in [4.78, 5) is 2.34. The highest BCUT2D eigenvalue weighted by Gasteiger charge is 2.18. The smallest absolute Gasteiger partial charge is 0.0619 e. The molecule has 10 aromatic carbocycles.